The minimum atomic E-state index is -0.823. The highest BCUT2D eigenvalue weighted by Gasteiger charge is 2.13. The van der Waals surface area contributed by atoms with Crippen LogP contribution < -0.4 is 5.32 Å². The first-order valence-electron chi connectivity index (χ1n) is 5.44. The monoisotopic (exact) mass is 278 g/mol. The van der Waals surface area contributed by atoms with Crippen molar-refractivity contribution in [1.29, 1.82) is 5.26 Å². The summed E-state index contributed by atoms with van der Waals surface area (Å²) >= 11 is 5.94. The zero-order valence-corrected chi connectivity index (χ0v) is 10.7. The summed E-state index contributed by atoms with van der Waals surface area (Å²) in [5.74, 6) is -1.65. The van der Waals surface area contributed by atoms with Crippen LogP contribution in [-0.4, -0.2) is 0 Å². The second kappa shape index (κ2) is 5.25. The van der Waals surface area contributed by atoms with E-state index in [1.54, 1.807) is 31.2 Å². The van der Waals surface area contributed by atoms with Crippen molar-refractivity contribution in [3.05, 3.63) is 58.1 Å². The average Bonchev–Trinajstić information content (AvgIpc) is 2.38. The SMILES string of the molecule is Cc1c(Cl)cccc1Nc1c(F)cc(C#N)cc1F. The minimum Gasteiger partial charge on any atom is -0.350 e. The van der Waals surface area contributed by atoms with E-state index in [9.17, 15) is 8.78 Å². The van der Waals surface area contributed by atoms with Crippen LogP contribution in [-0.2, 0) is 0 Å². The van der Waals surface area contributed by atoms with E-state index in [0.29, 0.717) is 16.3 Å². The molecule has 2 nitrogen and oxygen atoms in total. The third-order valence-corrected chi connectivity index (χ3v) is 3.11. The first-order chi connectivity index (χ1) is 9.02. The fraction of sp³-hybridized carbons (Fsp3) is 0.0714. The van der Waals surface area contributed by atoms with Crippen LogP contribution in [0.2, 0.25) is 5.02 Å². The molecule has 0 unspecified atom stereocenters. The van der Waals surface area contributed by atoms with Gasteiger partial charge in [-0.2, -0.15) is 5.26 Å². The van der Waals surface area contributed by atoms with Crippen molar-refractivity contribution in [1.82, 2.24) is 0 Å². The molecule has 1 N–H and O–H groups in total. The topological polar surface area (TPSA) is 35.8 Å². The Labute approximate surface area is 114 Å². The van der Waals surface area contributed by atoms with Crippen molar-refractivity contribution in [3.8, 4) is 6.07 Å². The number of nitrogens with zero attached hydrogens (tertiary/aromatic N) is 1. The Hall–Kier alpha value is -2.12. The molecule has 2 rings (SSSR count). The molecular formula is C14H9ClF2N2. The molecule has 2 aromatic rings. The second-order valence-corrected chi connectivity index (χ2v) is 4.37. The molecule has 0 radical (unpaired) electrons. The maximum absolute atomic E-state index is 13.7. The van der Waals surface area contributed by atoms with E-state index in [1.165, 1.54) is 0 Å². The fourth-order valence-corrected chi connectivity index (χ4v) is 1.81. The average molecular weight is 279 g/mol. The van der Waals surface area contributed by atoms with Gasteiger partial charge in [-0.15, -0.1) is 0 Å². The molecule has 0 fully saturated rings. The highest BCUT2D eigenvalue weighted by molar-refractivity contribution is 6.31. The molecule has 0 aromatic heterocycles. The Kier molecular flexibility index (Phi) is 3.68. The number of anilines is 2. The van der Waals surface area contributed by atoms with Crippen molar-refractivity contribution < 1.29 is 8.78 Å². The van der Waals surface area contributed by atoms with Gasteiger partial charge in [-0.1, -0.05) is 17.7 Å². The first-order valence-corrected chi connectivity index (χ1v) is 5.82. The molecule has 19 heavy (non-hydrogen) atoms. The predicted molar refractivity (Wildman–Crippen MR) is 70.5 cm³/mol. The Morgan fingerprint density at radius 2 is 1.84 bits per heavy atom. The lowest BCUT2D eigenvalue weighted by molar-refractivity contribution is 0.590. The van der Waals surface area contributed by atoms with Crippen molar-refractivity contribution in [2.45, 2.75) is 6.92 Å². The second-order valence-electron chi connectivity index (χ2n) is 3.96. The lowest BCUT2D eigenvalue weighted by Crippen LogP contribution is -2.00. The lowest BCUT2D eigenvalue weighted by Gasteiger charge is -2.12. The van der Waals surface area contributed by atoms with Crippen LogP contribution in [0, 0.1) is 29.9 Å². The van der Waals surface area contributed by atoms with E-state index in [-0.39, 0.29) is 11.3 Å². The van der Waals surface area contributed by atoms with Crippen LogP contribution in [0.3, 0.4) is 0 Å². The number of hydrogen-bond acceptors (Lipinski definition) is 2. The Morgan fingerprint density at radius 3 is 2.42 bits per heavy atom. The molecule has 0 spiro atoms. The first kappa shape index (κ1) is 13.3. The third kappa shape index (κ3) is 2.67. The summed E-state index contributed by atoms with van der Waals surface area (Å²) in [5, 5.41) is 11.8. The third-order valence-electron chi connectivity index (χ3n) is 2.70. The van der Waals surface area contributed by atoms with Gasteiger partial charge in [0.25, 0.3) is 0 Å². The molecule has 0 saturated carbocycles. The van der Waals surface area contributed by atoms with Crippen molar-refractivity contribution in [2.24, 2.45) is 0 Å². The summed E-state index contributed by atoms with van der Waals surface area (Å²) in [7, 11) is 0. The van der Waals surface area contributed by atoms with Gasteiger partial charge < -0.3 is 5.32 Å². The van der Waals surface area contributed by atoms with Crippen LogP contribution >= 0.6 is 11.6 Å². The van der Waals surface area contributed by atoms with Crippen molar-refractivity contribution >= 4 is 23.0 Å². The van der Waals surface area contributed by atoms with Gasteiger partial charge in [0, 0.05) is 10.7 Å². The number of halogens is 3. The zero-order valence-electron chi connectivity index (χ0n) is 9.97. The van der Waals surface area contributed by atoms with Gasteiger partial charge >= 0.3 is 0 Å². The Balaban J connectivity index is 2.45. The van der Waals surface area contributed by atoms with Gasteiger partial charge in [-0.3, -0.25) is 0 Å². The molecule has 0 atom stereocenters. The maximum atomic E-state index is 13.7. The molecule has 2 aromatic carbocycles. The molecule has 0 aliphatic carbocycles. The number of rotatable bonds is 2. The van der Waals surface area contributed by atoms with Crippen molar-refractivity contribution in [2.75, 3.05) is 5.32 Å². The molecular weight excluding hydrogens is 270 g/mol. The summed E-state index contributed by atoms with van der Waals surface area (Å²) < 4.78 is 27.5. The normalized spacial score (nSPS) is 10.1. The van der Waals surface area contributed by atoms with Crippen LogP contribution in [0.1, 0.15) is 11.1 Å². The highest BCUT2D eigenvalue weighted by atomic mass is 35.5. The summed E-state index contributed by atoms with van der Waals surface area (Å²) in [4.78, 5) is 0. The summed E-state index contributed by atoms with van der Waals surface area (Å²) in [6.07, 6.45) is 0. The molecule has 0 saturated heterocycles. The van der Waals surface area contributed by atoms with E-state index in [4.69, 9.17) is 16.9 Å². The lowest BCUT2D eigenvalue weighted by atomic mass is 10.1. The van der Waals surface area contributed by atoms with Crippen LogP contribution in [0.15, 0.2) is 30.3 Å². The van der Waals surface area contributed by atoms with E-state index in [0.717, 1.165) is 12.1 Å². The van der Waals surface area contributed by atoms with E-state index >= 15 is 0 Å². The van der Waals surface area contributed by atoms with Gasteiger partial charge in [0.1, 0.15) is 5.69 Å². The molecule has 0 aliphatic rings. The van der Waals surface area contributed by atoms with Gasteiger partial charge in [0.15, 0.2) is 11.6 Å². The quantitative estimate of drug-likeness (QED) is 0.875. The highest BCUT2D eigenvalue weighted by Crippen LogP contribution is 2.29. The zero-order chi connectivity index (χ0) is 14.0. The predicted octanol–water partition coefficient (Wildman–Crippen LogP) is 4.54. The number of hydrogen-bond donors (Lipinski definition) is 1. The van der Waals surface area contributed by atoms with Crippen molar-refractivity contribution in [3.63, 3.8) is 0 Å². The van der Waals surface area contributed by atoms with E-state index in [1.807, 2.05) is 0 Å². The number of nitriles is 1. The molecule has 96 valence electrons. The standard InChI is InChI=1S/C14H9ClF2N2/c1-8-10(15)3-2-4-13(8)19-14-11(16)5-9(7-18)6-12(14)17/h2-6,19H,1H3. The Morgan fingerprint density at radius 1 is 1.21 bits per heavy atom. The fourth-order valence-electron chi connectivity index (χ4n) is 1.63. The number of nitrogens with one attached hydrogen (secondary N) is 1. The maximum Gasteiger partial charge on any atom is 0.150 e. The minimum absolute atomic E-state index is 0.0663. The largest absolute Gasteiger partial charge is 0.350 e. The van der Waals surface area contributed by atoms with Crippen LogP contribution in [0.5, 0.6) is 0 Å². The molecule has 0 bridgehead atoms. The summed E-state index contributed by atoms with van der Waals surface area (Å²) in [5.41, 5.74) is 0.829. The van der Waals surface area contributed by atoms with Gasteiger partial charge in [-0.05, 0) is 36.8 Å². The molecule has 0 amide bonds. The Bertz CT molecular complexity index is 655. The molecule has 0 heterocycles. The van der Waals surface area contributed by atoms with Crippen LogP contribution in [0.4, 0.5) is 20.2 Å². The summed E-state index contributed by atoms with van der Waals surface area (Å²) in [6.45, 7) is 1.74. The van der Waals surface area contributed by atoms with Gasteiger partial charge in [0.2, 0.25) is 0 Å². The van der Waals surface area contributed by atoms with Gasteiger partial charge in [-0.25, -0.2) is 8.78 Å². The summed E-state index contributed by atoms with van der Waals surface area (Å²) in [6, 6.07) is 8.68. The molecule has 0 aliphatic heterocycles. The van der Waals surface area contributed by atoms with Crippen LogP contribution in [0.25, 0.3) is 0 Å². The molecule has 5 heteroatoms. The number of benzene rings is 2. The van der Waals surface area contributed by atoms with E-state index < -0.39 is 11.6 Å². The van der Waals surface area contributed by atoms with Gasteiger partial charge in [0.05, 0.1) is 11.6 Å². The van der Waals surface area contributed by atoms with E-state index in [2.05, 4.69) is 5.32 Å². The smallest absolute Gasteiger partial charge is 0.150 e.